The molecule has 0 saturated carbocycles. The molecule has 202 valence electrons. The molecule has 37 heavy (non-hydrogen) atoms. The number of Topliss-reactive ketones (excluding diaryl/α,β-unsaturated/α-hetero) is 1. The predicted molar refractivity (Wildman–Crippen MR) is 143 cm³/mol. The normalized spacial score (nSPS) is 12.4. The zero-order valence-corrected chi connectivity index (χ0v) is 23.5. The van der Waals surface area contributed by atoms with Crippen LogP contribution in [-0.4, -0.2) is 44.9 Å². The van der Waals surface area contributed by atoms with Gasteiger partial charge in [-0.2, -0.15) is 0 Å². The molecule has 0 spiro atoms. The molecule has 3 rings (SSSR count). The van der Waals surface area contributed by atoms with E-state index in [1.165, 1.54) is 9.20 Å². The van der Waals surface area contributed by atoms with Crippen molar-refractivity contribution in [3.8, 4) is 11.6 Å². The van der Waals surface area contributed by atoms with Crippen LogP contribution in [0.25, 0.3) is 5.65 Å². The number of nitrogens with two attached hydrogens (primary N) is 1. The average Bonchev–Trinajstić information content (AvgIpc) is 3.16. The fraction of sp³-hybridized carbons (Fsp3) is 0.571. The van der Waals surface area contributed by atoms with Crippen molar-refractivity contribution in [1.29, 1.82) is 0 Å². The van der Waals surface area contributed by atoms with Crippen LogP contribution in [0.1, 0.15) is 82.8 Å². The Balaban J connectivity index is 1.93. The number of nitrogens with zero attached hydrogens (tertiary/aromatic N) is 4. The lowest BCUT2D eigenvalue weighted by Gasteiger charge is -2.24. The molecule has 2 heterocycles. The standard InChI is InChI=1S/C28H41N5O4/c1-9-21(10-2)37-24-11-18(3)25-31-32(26(29)33(25)30-24)15-23(35)19-12-20(27(4,5)6)14-22(13-19)36-17-28(7,8)16-34/h11-14,21,29,34H,9-10,15-17H2,1-8H3/p+1. The number of carbonyl (C=O) groups is 1. The second-order valence-electron chi connectivity index (χ2n) is 11.5. The van der Waals surface area contributed by atoms with Crippen LogP contribution in [-0.2, 0) is 12.0 Å². The van der Waals surface area contributed by atoms with Gasteiger partial charge in [0, 0.05) is 22.6 Å². The minimum absolute atomic E-state index is 0.000692. The Morgan fingerprint density at radius 2 is 1.81 bits per heavy atom. The van der Waals surface area contributed by atoms with Gasteiger partial charge in [0.2, 0.25) is 5.88 Å². The molecule has 0 bridgehead atoms. The van der Waals surface area contributed by atoms with Gasteiger partial charge in [0.1, 0.15) is 11.9 Å². The van der Waals surface area contributed by atoms with E-state index in [4.69, 9.17) is 15.2 Å². The monoisotopic (exact) mass is 512 g/mol. The Morgan fingerprint density at radius 3 is 2.41 bits per heavy atom. The highest BCUT2D eigenvalue weighted by Gasteiger charge is 2.25. The third kappa shape index (κ3) is 6.77. The maximum absolute atomic E-state index is 13.4. The maximum atomic E-state index is 13.4. The van der Waals surface area contributed by atoms with Crippen LogP contribution in [0.3, 0.4) is 0 Å². The molecule has 0 unspecified atom stereocenters. The minimum Gasteiger partial charge on any atom is -0.493 e. The van der Waals surface area contributed by atoms with Crippen molar-refractivity contribution in [3.63, 3.8) is 0 Å². The summed E-state index contributed by atoms with van der Waals surface area (Å²) in [4.78, 5) is 13.4. The number of rotatable bonds is 11. The fourth-order valence-electron chi connectivity index (χ4n) is 3.78. The Morgan fingerprint density at radius 1 is 1.14 bits per heavy atom. The molecule has 0 aliphatic heterocycles. The van der Waals surface area contributed by atoms with E-state index in [1.807, 2.05) is 39.0 Å². The zero-order chi connectivity index (χ0) is 27.5. The minimum atomic E-state index is -0.398. The molecule has 1 aromatic carbocycles. The molecule has 0 aliphatic carbocycles. The third-order valence-electron chi connectivity index (χ3n) is 6.43. The molecule has 9 nitrogen and oxygen atoms in total. The van der Waals surface area contributed by atoms with E-state index in [0.717, 1.165) is 24.0 Å². The summed E-state index contributed by atoms with van der Waals surface area (Å²) in [7, 11) is 0. The highest BCUT2D eigenvalue weighted by atomic mass is 16.5. The topological polar surface area (TPSA) is 116 Å². The number of aliphatic hydroxyl groups is 1. The number of aryl methyl sites for hydroxylation is 1. The Bertz CT molecular complexity index is 1260. The summed E-state index contributed by atoms with van der Waals surface area (Å²) in [6.07, 6.45) is 1.82. The number of hydrogen-bond donors (Lipinski definition) is 2. The van der Waals surface area contributed by atoms with Crippen molar-refractivity contribution >= 4 is 17.4 Å². The fourth-order valence-corrected chi connectivity index (χ4v) is 3.78. The molecule has 3 aromatic rings. The Hall–Kier alpha value is -3.20. The smallest absolute Gasteiger partial charge is 0.401 e. The lowest BCUT2D eigenvalue weighted by atomic mass is 9.85. The number of benzene rings is 1. The van der Waals surface area contributed by atoms with Gasteiger partial charge >= 0.3 is 5.95 Å². The van der Waals surface area contributed by atoms with Crippen molar-refractivity contribution < 1.29 is 24.1 Å². The number of fused-ring (bicyclic) bond motifs is 1. The highest BCUT2D eigenvalue weighted by Crippen LogP contribution is 2.29. The summed E-state index contributed by atoms with van der Waals surface area (Å²) in [6.45, 7) is 16.4. The maximum Gasteiger partial charge on any atom is 0.401 e. The zero-order valence-electron chi connectivity index (χ0n) is 23.5. The first-order valence-electron chi connectivity index (χ1n) is 12.9. The second kappa shape index (κ2) is 11.0. The van der Waals surface area contributed by atoms with Crippen molar-refractivity contribution in [2.24, 2.45) is 5.41 Å². The van der Waals surface area contributed by atoms with Gasteiger partial charge in [0.05, 0.1) is 13.2 Å². The summed E-state index contributed by atoms with van der Waals surface area (Å²) in [6, 6.07) is 7.43. The number of anilines is 1. The van der Waals surface area contributed by atoms with Crippen LogP contribution < -0.4 is 19.9 Å². The molecule has 0 amide bonds. The summed E-state index contributed by atoms with van der Waals surface area (Å²) < 4.78 is 15.0. The van der Waals surface area contributed by atoms with Gasteiger partial charge in [-0.05, 0) is 48.9 Å². The Kier molecular flexibility index (Phi) is 8.47. The van der Waals surface area contributed by atoms with Crippen LogP contribution in [0.5, 0.6) is 11.6 Å². The summed E-state index contributed by atoms with van der Waals surface area (Å²) >= 11 is 0. The first-order valence-corrected chi connectivity index (χ1v) is 12.9. The molecule has 0 radical (unpaired) electrons. The van der Waals surface area contributed by atoms with E-state index in [-0.39, 0.29) is 36.4 Å². The molecule has 0 fully saturated rings. The van der Waals surface area contributed by atoms with Crippen molar-refractivity contribution in [1.82, 2.24) is 14.7 Å². The number of ketones is 1. The van der Waals surface area contributed by atoms with Gasteiger partial charge in [-0.1, -0.05) is 63.2 Å². The van der Waals surface area contributed by atoms with Crippen LogP contribution >= 0.6 is 0 Å². The third-order valence-corrected chi connectivity index (χ3v) is 6.43. The average molecular weight is 513 g/mol. The van der Waals surface area contributed by atoms with Gasteiger partial charge in [-0.15, -0.1) is 4.68 Å². The quantitative estimate of drug-likeness (QED) is 0.294. The molecule has 0 saturated heterocycles. The van der Waals surface area contributed by atoms with Gasteiger partial charge < -0.3 is 14.6 Å². The van der Waals surface area contributed by atoms with Crippen LogP contribution in [0.15, 0.2) is 24.3 Å². The lowest BCUT2D eigenvalue weighted by molar-refractivity contribution is -0.723. The number of aliphatic hydroxyl groups excluding tert-OH is 1. The lowest BCUT2D eigenvalue weighted by Crippen LogP contribution is -2.42. The largest absolute Gasteiger partial charge is 0.493 e. The van der Waals surface area contributed by atoms with E-state index in [1.54, 1.807) is 6.07 Å². The van der Waals surface area contributed by atoms with E-state index in [0.29, 0.717) is 29.4 Å². The number of ether oxygens (including phenoxy) is 2. The van der Waals surface area contributed by atoms with Crippen molar-refractivity contribution in [2.75, 3.05) is 18.9 Å². The number of hydrogen-bond acceptors (Lipinski definition) is 7. The molecule has 3 N–H and O–H groups in total. The summed E-state index contributed by atoms with van der Waals surface area (Å²) in [5, 5.41) is 18.7. The number of aromatic nitrogens is 4. The predicted octanol–water partition coefficient (Wildman–Crippen LogP) is 4.05. The SMILES string of the molecule is CCC(CC)Oc1cc(C)c2n[n+](CC(=O)c3cc(OCC(C)(C)CO)cc(C(C)(C)C)c3)c(N)n2n1. The number of nitrogen functional groups attached to an aromatic ring is 1. The molecule has 0 aliphatic rings. The molecule has 9 heteroatoms. The summed E-state index contributed by atoms with van der Waals surface area (Å²) in [5.41, 5.74) is 8.70. The first kappa shape index (κ1) is 28.4. The van der Waals surface area contributed by atoms with E-state index in [2.05, 4.69) is 44.8 Å². The molecular weight excluding hydrogens is 470 g/mol. The van der Waals surface area contributed by atoms with Crippen molar-refractivity contribution in [3.05, 3.63) is 41.0 Å². The summed E-state index contributed by atoms with van der Waals surface area (Å²) in [5.74, 6) is 1.16. The van der Waals surface area contributed by atoms with Gasteiger partial charge in [0.15, 0.2) is 12.3 Å². The molecular formula is C28H42N5O4+. The first-order chi connectivity index (χ1) is 17.3. The van der Waals surface area contributed by atoms with Gasteiger partial charge in [-0.3, -0.25) is 10.5 Å². The van der Waals surface area contributed by atoms with E-state index < -0.39 is 5.41 Å². The number of carbonyl (C=O) groups excluding carboxylic acids is 1. The van der Waals surface area contributed by atoms with Gasteiger partial charge in [0.25, 0.3) is 5.65 Å². The highest BCUT2D eigenvalue weighted by molar-refractivity contribution is 5.95. The molecule has 2 aromatic heterocycles. The van der Waals surface area contributed by atoms with Crippen LogP contribution in [0.4, 0.5) is 5.95 Å². The van der Waals surface area contributed by atoms with E-state index in [9.17, 15) is 9.90 Å². The van der Waals surface area contributed by atoms with E-state index >= 15 is 0 Å². The van der Waals surface area contributed by atoms with Crippen molar-refractivity contribution in [2.45, 2.75) is 86.3 Å². The molecule has 0 atom stereocenters. The second-order valence-corrected chi connectivity index (χ2v) is 11.5. The van der Waals surface area contributed by atoms with Gasteiger partial charge in [-0.25, -0.2) is 0 Å². The Labute approximate surface area is 219 Å². The van der Waals surface area contributed by atoms with Crippen LogP contribution in [0, 0.1) is 12.3 Å². The van der Waals surface area contributed by atoms with Crippen LogP contribution in [0.2, 0.25) is 0 Å².